The number of rotatable bonds is 6. The zero-order valence-electron chi connectivity index (χ0n) is 19.7. The minimum Gasteiger partial charge on any atom is -0.465 e. The average molecular weight is 504 g/mol. The van der Waals surface area contributed by atoms with E-state index < -0.39 is 17.8 Å². The molecule has 4 rings (SSSR count). The summed E-state index contributed by atoms with van der Waals surface area (Å²) in [6, 6.07) is 18.0. The van der Waals surface area contributed by atoms with E-state index in [1.165, 1.54) is 31.4 Å². The van der Waals surface area contributed by atoms with Gasteiger partial charge >= 0.3 is 5.97 Å². The van der Waals surface area contributed by atoms with Gasteiger partial charge in [-0.15, -0.1) is 0 Å². The summed E-state index contributed by atoms with van der Waals surface area (Å²) >= 11 is 6.21. The maximum atomic E-state index is 13.1. The van der Waals surface area contributed by atoms with Gasteiger partial charge in [0.15, 0.2) is 0 Å². The summed E-state index contributed by atoms with van der Waals surface area (Å²) in [5.74, 6) is -2.25. The lowest BCUT2D eigenvalue weighted by Gasteiger charge is -2.15. The minimum atomic E-state index is -0.710. The Balaban J connectivity index is 1.52. The highest BCUT2D eigenvalue weighted by Gasteiger charge is 2.39. The fourth-order valence-corrected chi connectivity index (χ4v) is 4.06. The molecule has 2 N–H and O–H groups in total. The van der Waals surface area contributed by atoms with E-state index >= 15 is 0 Å². The van der Waals surface area contributed by atoms with Crippen LogP contribution in [-0.2, 0) is 14.3 Å². The first-order valence-corrected chi connectivity index (χ1v) is 11.3. The lowest BCUT2D eigenvalue weighted by molar-refractivity contribution is -0.120. The number of aryl methyl sites for hydroxylation is 2. The van der Waals surface area contributed by atoms with Crippen LogP contribution in [0.5, 0.6) is 0 Å². The van der Waals surface area contributed by atoms with E-state index in [-0.39, 0.29) is 27.9 Å². The molecule has 1 aliphatic rings. The van der Waals surface area contributed by atoms with E-state index in [9.17, 15) is 19.2 Å². The van der Waals surface area contributed by atoms with E-state index in [0.717, 1.165) is 16.0 Å². The molecule has 0 saturated heterocycles. The second-order valence-corrected chi connectivity index (χ2v) is 8.59. The molecule has 1 aliphatic heterocycles. The van der Waals surface area contributed by atoms with Crippen LogP contribution in [0.25, 0.3) is 0 Å². The maximum absolute atomic E-state index is 13.1. The molecule has 0 aromatic heterocycles. The van der Waals surface area contributed by atoms with Gasteiger partial charge in [0.2, 0.25) is 0 Å². The standard InChI is InChI=1S/C27H22ClN3O5/c1-15-11-16(2)13-20(12-15)30-24(32)18-5-4-6-19(14-18)29-23-22(28)25(33)31(26(23)34)21-9-7-17(8-10-21)27(35)36-3/h4-14,29H,1-3H3,(H,30,32). The number of carbonyl (C=O) groups is 4. The topological polar surface area (TPSA) is 105 Å². The Morgan fingerprint density at radius 1 is 0.833 bits per heavy atom. The first-order chi connectivity index (χ1) is 17.2. The number of hydrogen-bond acceptors (Lipinski definition) is 6. The zero-order valence-corrected chi connectivity index (χ0v) is 20.5. The molecule has 0 radical (unpaired) electrons. The number of methoxy groups -OCH3 is 1. The molecule has 0 spiro atoms. The lowest BCUT2D eigenvalue weighted by atomic mass is 10.1. The molecule has 8 nitrogen and oxygen atoms in total. The van der Waals surface area contributed by atoms with E-state index in [2.05, 4.69) is 15.4 Å². The minimum absolute atomic E-state index is 0.120. The third-order valence-corrected chi connectivity index (χ3v) is 5.80. The van der Waals surface area contributed by atoms with E-state index in [0.29, 0.717) is 16.9 Å². The summed E-state index contributed by atoms with van der Waals surface area (Å²) in [5, 5.41) is 5.44. The van der Waals surface area contributed by atoms with Crippen LogP contribution in [0.1, 0.15) is 31.8 Å². The normalized spacial score (nSPS) is 13.2. The maximum Gasteiger partial charge on any atom is 0.337 e. The van der Waals surface area contributed by atoms with Gasteiger partial charge in [0, 0.05) is 16.9 Å². The van der Waals surface area contributed by atoms with Crippen molar-refractivity contribution >= 4 is 52.4 Å². The quantitative estimate of drug-likeness (QED) is 0.370. The Bertz CT molecular complexity index is 1410. The molecule has 3 amide bonds. The second kappa shape index (κ2) is 10.1. The van der Waals surface area contributed by atoms with Crippen LogP contribution in [0.2, 0.25) is 0 Å². The fraction of sp³-hybridized carbons (Fsp3) is 0.111. The smallest absolute Gasteiger partial charge is 0.337 e. The van der Waals surface area contributed by atoms with Gasteiger partial charge in [0.25, 0.3) is 17.7 Å². The van der Waals surface area contributed by atoms with Crippen LogP contribution >= 0.6 is 11.6 Å². The van der Waals surface area contributed by atoms with Crippen molar-refractivity contribution in [3.8, 4) is 0 Å². The molecule has 3 aromatic carbocycles. The van der Waals surface area contributed by atoms with Crippen LogP contribution in [0.4, 0.5) is 17.1 Å². The number of benzene rings is 3. The van der Waals surface area contributed by atoms with Crippen LogP contribution in [-0.4, -0.2) is 30.8 Å². The van der Waals surface area contributed by atoms with Crippen LogP contribution in [0, 0.1) is 13.8 Å². The average Bonchev–Trinajstić information content (AvgIpc) is 3.06. The summed E-state index contributed by atoms with van der Waals surface area (Å²) in [6.07, 6.45) is 0. The van der Waals surface area contributed by atoms with Gasteiger partial charge in [-0.3, -0.25) is 14.4 Å². The van der Waals surface area contributed by atoms with Crippen molar-refractivity contribution in [2.45, 2.75) is 13.8 Å². The fourth-order valence-electron chi connectivity index (χ4n) is 3.84. The molecular formula is C27H22ClN3O5. The van der Waals surface area contributed by atoms with Gasteiger partial charge in [0.05, 0.1) is 18.4 Å². The third kappa shape index (κ3) is 4.99. The number of amides is 3. The number of nitrogens with zero attached hydrogens (tertiary/aromatic N) is 1. The second-order valence-electron chi connectivity index (χ2n) is 8.21. The number of ether oxygens (including phenoxy) is 1. The summed E-state index contributed by atoms with van der Waals surface area (Å²) < 4.78 is 4.66. The Morgan fingerprint density at radius 2 is 1.50 bits per heavy atom. The van der Waals surface area contributed by atoms with Gasteiger partial charge < -0.3 is 15.4 Å². The van der Waals surface area contributed by atoms with Crippen molar-refractivity contribution in [3.63, 3.8) is 0 Å². The molecule has 0 unspecified atom stereocenters. The highest BCUT2D eigenvalue weighted by molar-refractivity contribution is 6.53. The number of nitrogens with one attached hydrogen (secondary N) is 2. The number of anilines is 3. The number of esters is 1. The van der Waals surface area contributed by atoms with Crippen LogP contribution < -0.4 is 15.5 Å². The molecule has 0 aliphatic carbocycles. The Kier molecular flexibility index (Phi) is 6.89. The summed E-state index contributed by atoms with van der Waals surface area (Å²) in [4.78, 5) is 51.2. The van der Waals surface area contributed by atoms with Gasteiger partial charge in [-0.25, -0.2) is 9.69 Å². The monoisotopic (exact) mass is 503 g/mol. The molecule has 0 bridgehead atoms. The number of imide groups is 1. The SMILES string of the molecule is COC(=O)c1ccc(N2C(=O)C(Cl)=C(Nc3cccc(C(=O)Nc4cc(C)cc(C)c4)c3)C2=O)cc1. The zero-order chi connectivity index (χ0) is 26.0. The van der Waals surface area contributed by atoms with Crippen molar-refractivity contribution in [3.05, 3.63) is 99.7 Å². The van der Waals surface area contributed by atoms with Gasteiger partial charge in [-0.2, -0.15) is 0 Å². The molecule has 36 heavy (non-hydrogen) atoms. The summed E-state index contributed by atoms with van der Waals surface area (Å²) in [7, 11) is 1.26. The van der Waals surface area contributed by atoms with Crippen molar-refractivity contribution in [1.82, 2.24) is 0 Å². The molecule has 1 heterocycles. The molecule has 0 saturated carbocycles. The van der Waals surface area contributed by atoms with Crippen LogP contribution in [0.15, 0.2) is 77.5 Å². The van der Waals surface area contributed by atoms with Crippen molar-refractivity contribution in [2.75, 3.05) is 22.6 Å². The van der Waals surface area contributed by atoms with Gasteiger partial charge in [-0.1, -0.05) is 23.7 Å². The van der Waals surface area contributed by atoms with E-state index in [1.807, 2.05) is 32.0 Å². The lowest BCUT2D eigenvalue weighted by Crippen LogP contribution is -2.32. The van der Waals surface area contributed by atoms with Gasteiger partial charge in [0.1, 0.15) is 10.7 Å². The van der Waals surface area contributed by atoms with Crippen molar-refractivity contribution < 1.29 is 23.9 Å². The third-order valence-electron chi connectivity index (χ3n) is 5.45. The molecular weight excluding hydrogens is 482 g/mol. The highest BCUT2D eigenvalue weighted by Crippen LogP contribution is 2.30. The van der Waals surface area contributed by atoms with Crippen molar-refractivity contribution in [1.29, 1.82) is 0 Å². The largest absolute Gasteiger partial charge is 0.465 e. The molecule has 9 heteroatoms. The number of carbonyl (C=O) groups excluding carboxylic acids is 4. The van der Waals surface area contributed by atoms with Crippen molar-refractivity contribution in [2.24, 2.45) is 0 Å². The molecule has 182 valence electrons. The van der Waals surface area contributed by atoms with E-state index in [4.69, 9.17) is 11.6 Å². The number of halogens is 1. The first kappa shape index (κ1) is 24.7. The molecule has 0 fully saturated rings. The Labute approximate surface area is 212 Å². The number of hydrogen-bond donors (Lipinski definition) is 2. The predicted octanol–water partition coefficient (Wildman–Crippen LogP) is 4.78. The van der Waals surface area contributed by atoms with E-state index in [1.54, 1.807) is 24.3 Å². The highest BCUT2D eigenvalue weighted by atomic mass is 35.5. The Hall–Kier alpha value is -4.43. The summed E-state index contributed by atoms with van der Waals surface area (Å²) in [5.41, 5.74) is 3.87. The summed E-state index contributed by atoms with van der Waals surface area (Å²) in [6.45, 7) is 3.89. The molecule has 3 aromatic rings. The van der Waals surface area contributed by atoms with Crippen LogP contribution in [0.3, 0.4) is 0 Å². The first-order valence-electron chi connectivity index (χ1n) is 10.9. The predicted molar refractivity (Wildman–Crippen MR) is 137 cm³/mol. The molecule has 0 atom stereocenters. The van der Waals surface area contributed by atoms with Gasteiger partial charge in [-0.05, 0) is 79.6 Å². The Morgan fingerprint density at radius 3 is 2.14 bits per heavy atom.